The molecule has 26 heavy (non-hydrogen) atoms. The topological polar surface area (TPSA) is 59.5 Å². The second-order valence-electron chi connectivity index (χ2n) is 6.96. The molecule has 0 unspecified atom stereocenters. The highest BCUT2D eigenvalue weighted by atomic mass is 32.1. The quantitative estimate of drug-likeness (QED) is 0.720. The normalized spacial score (nSPS) is 14.0. The van der Waals surface area contributed by atoms with Crippen LogP contribution in [-0.4, -0.2) is 16.9 Å². The van der Waals surface area contributed by atoms with E-state index >= 15 is 0 Å². The van der Waals surface area contributed by atoms with Crippen LogP contribution in [0.25, 0.3) is 0 Å². The van der Waals surface area contributed by atoms with E-state index in [-0.39, 0.29) is 24.4 Å². The Bertz CT molecular complexity index is 816. The maximum atomic E-state index is 12.4. The van der Waals surface area contributed by atoms with Gasteiger partial charge in [-0.3, -0.25) is 14.5 Å². The first kappa shape index (κ1) is 18.6. The fourth-order valence-electron chi connectivity index (χ4n) is 3.29. The average Bonchev–Trinajstić information content (AvgIpc) is 2.94. The minimum absolute atomic E-state index is 0.0553. The number of rotatable bonds is 5. The van der Waals surface area contributed by atoms with Gasteiger partial charge in [-0.25, -0.2) is 4.98 Å². The van der Waals surface area contributed by atoms with E-state index in [1.165, 1.54) is 18.3 Å². The lowest BCUT2D eigenvalue weighted by atomic mass is 9.86. The highest BCUT2D eigenvalue weighted by Crippen LogP contribution is 2.35. The number of hydrogen-bond donors (Lipinski definition) is 0. The molecule has 1 aliphatic carbocycles. The van der Waals surface area contributed by atoms with Gasteiger partial charge in [0.15, 0.2) is 5.13 Å². The molecule has 0 saturated heterocycles. The summed E-state index contributed by atoms with van der Waals surface area (Å²) in [5.41, 5.74) is 4.77. The molecule has 1 aromatic carbocycles. The molecular formula is C20H24N2O3S. The molecule has 1 aliphatic rings. The Hall–Kier alpha value is -2.21. The Labute approximate surface area is 158 Å². The van der Waals surface area contributed by atoms with Gasteiger partial charge in [0.2, 0.25) is 5.91 Å². The lowest BCUT2D eigenvalue weighted by Gasteiger charge is -2.23. The summed E-state index contributed by atoms with van der Waals surface area (Å²) in [5, 5.41) is 2.44. The van der Waals surface area contributed by atoms with Crippen molar-refractivity contribution < 1.29 is 14.3 Å². The van der Waals surface area contributed by atoms with Crippen LogP contribution in [0.3, 0.4) is 0 Å². The van der Waals surface area contributed by atoms with E-state index in [2.05, 4.69) is 17.1 Å². The molecule has 138 valence electrons. The van der Waals surface area contributed by atoms with Gasteiger partial charge in [0, 0.05) is 12.3 Å². The van der Waals surface area contributed by atoms with Gasteiger partial charge in [0.05, 0.1) is 17.3 Å². The third kappa shape index (κ3) is 3.80. The summed E-state index contributed by atoms with van der Waals surface area (Å²) in [5.74, 6) is -0.174. The minimum atomic E-state index is -0.139. The van der Waals surface area contributed by atoms with Crippen molar-refractivity contribution in [2.24, 2.45) is 5.92 Å². The predicted molar refractivity (Wildman–Crippen MR) is 103 cm³/mol. The summed E-state index contributed by atoms with van der Waals surface area (Å²) in [6.45, 7) is 7.74. The first-order valence-corrected chi connectivity index (χ1v) is 9.74. The van der Waals surface area contributed by atoms with Gasteiger partial charge < -0.3 is 4.74 Å². The van der Waals surface area contributed by atoms with Crippen LogP contribution in [0.15, 0.2) is 17.5 Å². The molecule has 1 saturated carbocycles. The van der Waals surface area contributed by atoms with Crippen LogP contribution >= 0.6 is 11.3 Å². The van der Waals surface area contributed by atoms with Gasteiger partial charge in [-0.2, -0.15) is 0 Å². The Morgan fingerprint density at radius 2 is 1.88 bits per heavy atom. The van der Waals surface area contributed by atoms with Crippen molar-refractivity contribution in [1.29, 1.82) is 0 Å². The molecule has 0 aliphatic heterocycles. The number of benzene rings is 1. The molecule has 0 atom stereocenters. The molecule has 1 fully saturated rings. The highest BCUT2D eigenvalue weighted by molar-refractivity contribution is 7.14. The third-order valence-electron chi connectivity index (χ3n) is 4.71. The first-order valence-electron chi connectivity index (χ1n) is 8.86. The highest BCUT2D eigenvalue weighted by Gasteiger charge is 2.27. The summed E-state index contributed by atoms with van der Waals surface area (Å²) in [6, 6.07) is 4.13. The Morgan fingerprint density at radius 3 is 2.42 bits per heavy atom. The fraction of sp³-hybridized carbons (Fsp3) is 0.450. The molecule has 2 aromatic rings. The van der Waals surface area contributed by atoms with Crippen molar-refractivity contribution in [2.45, 2.75) is 53.6 Å². The second-order valence-corrected chi connectivity index (χ2v) is 7.80. The van der Waals surface area contributed by atoms with Gasteiger partial charge in [-0.05, 0) is 44.7 Å². The lowest BCUT2D eigenvalue weighted by Crippen LogP contribution is -2.25. The second kappa shape index (κ2) is 7.58. The summed E-state index contributed by atoms with van der Waals surface area (Å²) < 4.78 is 5.36. The zero-order valence-electron chi connectivity index (χ0n) is 15.7. The SMILES string of the molecule is CC(=O)N(c1nc(COC(=O)C2CCC2)cs1)c1c(C)cc(C)cc1C. The van der Waals surface area contributed by atoms with Crippen molar-refractivity contribution in [3.8, 4) is 0 Å². The number of ether oxygens (including phenoxy) is 1. The van der Waals surface area contributed by atoms with E-state index in [1.54, 1.807) is 4.90 Å². The molecule has 0 spiro atoms. The van der Waals surface area contributed by atoms with Crippen LogP contribution in [0.4, 0.5) is 10.8 Å². The zero-order chi connectivity index (χ0) is 18.8. The van der Waals surface area contributed by atoms with Crippen LogP contribution in [0, 0.1) is 26.7 Å². The summed E-state index contributed by atoms with van der Waals surface area (Å²) in [4.78, 5) is 30.4. The lowest BCUT2D eigenvalue weighted by molar-refractivity contribution is -0.152. The van der Waals surface area contributed by atoms with E-state index in [0.29, 0.717) is 10.8 Å². The van der Waals surface area contributed by atoms with E-state index < -0.39 is 0 Å². The number of aromatic nitrogens is 1. The smallest absolute Gasteiger partial charge is 0.309 e. The van der Waals surface area contributed by atoms with E-state index in [9.17, 15) is 9.59 Å². The fourth-order valence-corrected chi connectivity index (χ4v) is 4.14. The zero-order valence-corrected chi connectivity index (χ0v) is 16.5. The number of anilines is 2. The molecule has 1 aromatic heterocycles. The standard InChI is InChI=1S/C20H24N2O3S/c1-12-8-13(2)18(14(3)9-12)22(15(4)23)20-21-17(11-26-20)10-25-19(24)16-6-5-7-16/h8-9,11,16H,5-7,10H2,1-4H3. The molecule has 0 N–H and O–H groups in total. The van der Waals surface area contributed by atoms with Gasteiger partial charge in [0.25, 0.3) is 0 Å². The molecule has 1 heterocycles. The van der Waals surface area contributed by atoms with E-state index in [0.717, 1.165) is 41.6 Å². The molecule has 1 amide bonds. The van der Waals surface area contributed by atoms with Crippen LogP contribution in [0.5, 0.6) is 0 Å². The number of amides is 1. The number of carbonyl (C=O) groups excluding carboxylic acids is 2. The van der Waals surface area contributed by atoms with Gasteiger partial charge in [-0.1, -0.05) is 24.1 Å². The van der Waals surface area contributed by atoms with Gasteiger partial charge in [-0.15, -0.1) is 11.3 Å². The molecule has 0 radical (unpaired) electrons. The molecule has 6 heteroatoms. The number of hydrogen-bond acceptors (Lipinski definition) is 5. The number of thiazole rings is 1. The Balaban J connectivity index is 1.80. The summed E-state index contributed by atoms with van der Waals surface area (Å²) in [7, 11) is 0. The number of carbonyl (C=O) groups is 2. The third-order valence-corrected chi connectivity index (χ3v) is 5.58. The monoisotopic (exact) mass is 372 g/mol. The summed E-state index contributed by atoms with van der Waals surface area (Å²) >= 11 is 1.38. The van der Waals surface area contributed by atoms with Crippen LogP contribution in [-0.2, 0) is 20.9 Å². The van der Waals surface area contributed by atoms with Gasteiger partial charge in [0.1, 0.15) is 6.61 Å². The largest absolute Gasteiger partial charge is 0.459 e. The Morgan fingerprint density at radius 1 is 1.23 bits per heavy atom. The van der Waals surface area contributed by atoms with E-state index in [1.807, 2.05) is 26.2 Å². The predicted octanol–water partition coefficient (Wildman–Crippen LogP) is 4.60. The molecule has 3 rings (SSSR count). The molecule has 5 nitrogen and oxygen atoms in total. The van der Waals surface area contributed by atoms with Crippen molar-refractivity contribution in [2.75, 3.05) is 4.90 Å². The maximum Gasteiger partial charge on any atom is 0.309 e. The Kier molecular flexibility index (Phi) is 5.41. The summed E-state index contributed by atoms with van der Waals surface area (Å²) in [6.07, 6.45) is 2.94. The number of esters is 1. The number of nitrogens with zero attached hydrogens (tertiary/aromatic N) is 2. The maximum absolute atomic E-state index is 12.4. The van der Waals surface area contributed by atoms with E-state index in [4.69, 9.17) is 4.74 Å². The number of aryl methyl sites for hydroxylation is 3. The molecule has 0 bridgehead atoms. The molecular weight excluding hydrogens is 348 g/mol. The average molecular weight is 372 g/mol. The van der Waals surface area contributed by atoms with Crippen molar-refractivity contribution in [3.05, 3.63) is 39.9 Å². The van der Waals surface area contributed by atoms with Crippen molar-refractivity contribution in [3.63, 3.8) is 0 Å². The first-order chi connectivity index (χ1) is 12.4. The minimum Gasteiger partial charge on any atom is -0.459 e. The van der Waals surface area contributed by atoms with Crippen LogP contribution < -0.4 is 4.90 Å². The van der Waals surface area contributed by atoms with Crippen LogP contribution in [0.2, 0.25) is 0 Å². The van der Waals surface area contributed by atoms with Crippen molar-refractivity contribution >= 4 is 34.0 Å². The van der Waals surface area contributed by atoms with Crippen LogP contribution in [0.1, 0.15) is 48.6 Å². The van der Waals surface area contributed by atoms with Crippen molar-refractivity contribution in [1.82, 2.24) is 4.98 Å². The van der Waals surface area contributed by atoms with Gasteiger partial charge >= 0.3 is 5.97 Å².